The minimum absolute atomic E-state index is 0.211. The Kier molecular flexibility index (Phi) is 7.14. The molecule has 1 rings (SSSR count). The van der Waals surface area contributed by atoms with E-state index >= 15 is 0 Å². The summed E-state index contributed by atoms with van der Waals surface area (Å²) in [6.45, 7) is 7.83. The van der Waals surface area contributed by atoms with Crippen LogP contribution in [0.2, 0.25) is 0 Å². The molecule has 2 nitrogen and oxygen atoms in total. The molecule has 0 amide bonds. The molecule has 0 spiro atoms. The summed E-state index contributed by atoms with van der Waals surface area (Å²) in [5, 5.41) is 10.3. The van der Waals surface area contributed by atoms with E-state index in [0.717, 1.165) is 25.3 Å². The largest absolute Gasteiger partial charge is 0.378 e. The Morgan fingerprint density at radius 3 is 2.47 bits per heavy atom. The third kappa shape index (κ3) is 4.59. The van der Waals surface area contributed by atoms with Gasteiger partial charge in [0.1, 0.15) is 6.23 Å². The lowest BCUT2D eigenvalue weighted by Gasteiger charge is -2.41. The lowest BCUT2D eigenvalue weighted by Crippen LogP contribution is -2.48. The molecule has 1 aliphatic carbocycles. The quantitative estimate of drug-likeness (QED) is 0.686. The summed E-state index contributed by atoms with van der Waals surface area (Å²) >= 11 is 0. The van der Waals surface area contributed by atoms with Crippen LogP contribution in [0.5, 0.6) is 0 Å². The lowest BCUT2D eigenvalue weighted by molar-refractivity contribution is -0.0539. The van der Waals surface area contributed by atoms with E-state index in [2.05, 4.69) is 25.7 Å². The molecule has 1 N–H and O–H groups in total. The standard InChI is InChI=1S/C15H31NO/c1-4-6-12-16(15(17)9-5-2)14-11-8-7-10-13(14)3/h13-15,17H,4-12H2,1-3H3. The van der Waals surface area contributed by atoms with Crippen LogP contribution in [0.3, 0.4) is 0 Å². The molecule has 0 bridgehead atoms. The summed E-state index contributed by atoms with van der Waals surface area (Å²) in [6, 6.07) is 0.622. The van der Waals surface area contributed by atoms with Gasteiger partial charge in [0, 0.05) is 12.6 Å². The van der Waals surface area contributed by atoms with E-state index in [1.807, 2.05) is 0 Å². The van der Waals surface area contributed by atoms with Crippen molar-refractivity contribution < 1.29 is 5.11 Å². The second-order valence-corrected chi connectivity index (χ2v) is 5.69. The Hall–Kier alpha value is -0.0800. The van der Waals surface area contributed by atoms with Crippen molar-refractivity contribution in [1.29, 1.82) is 0 Å². The lowest BCUT2D eigenvalue weighted by atomic mass is 9.84. The Morgan fingerprint density at radius 1 is 1.18 bits per heavy atom. The average Bonchev–Trinajstić information content (AvgIpc) is 2.32. The Morgan fingerprint density at radius 2 is 1.88 bits per heavy atom. The van der Waals surface area contributed by atoms with Gasteiger partial charge in [0.15, 0.2) is 0 Å². The number of hydrogen-bond donors (Lipinski definition) is 1. The van der Waals surface area contributed by atoms with Gasteiger partial charge >= 0.3 is 0 Å². The van der Waals surface area contributed by atoms with Crippen LogP contribution in [0.4, 0.5) is 0 Å². The number of unbranched alkanes of at least 4 members (excludes halogenated alkanes) is 1. The molecule has 17 heavy (non-hydrogen) atoms. The number of hydrogen-bond acceptors (Lipinski definition) is 2. The summed E-state index contributed by atoms with van der Waals surface area (Å²) in [7, 11) is 0. The fourth-order valence-electron chi connectivity index (χ4n) is 3.09. The summed E-state index contributed by atoms with van der Waals surface area (Å²) in [4.78, 5) is 2.40. The number of nitrogens with zero attached hydrogens (tertiary/aromatic N) is 1. The van der Waals surface area contributed by atoms with E-state index in [1.54, 1.807) is 0 Å². The van der Waals surface area contributed by atoms with Gasteiger partial charge in [-0.15, -0.1) is 0 Å². The summed E-state index contributed by atoms with van der Waals surface area (Å²) < 4.78 is 0. The molecule has 3 atom stereocenters. The van der Waals surface area contributed by atoms with Crippen molar-refractivity contribution in [2.45, 2.75) is 84.4 Å². The van der Waals surface area contributed by atoms with Gasteiger partial charge in [0.25, 0.3) is 0 Å². The first-order valence-corrected chi connectivity index (χ1v) is 7.64. The SMILES string of the molecule is CCCCN(C(O)CCC)C1CCCCC1C. The van der Waals surface area contributed by atoms with Crippen LogP contribution in [0.15, 0.2) is 0 Å². The highest BCUT2D eigenvalue weighted by Crippen LogP contribution is 2.29. The highest BCUT2D eigenvalue weighted by molar-refractivity contribution is 4.82. The minimum Gasteiger partial charge on any atom is -0.378 e. The average molecular weight is 241 g/mol. The molecular formula is C15H31NO. The zero-order valence-corrected chi connectivity index (χ0v) is 12.0. The van der Waals surface area contributed by atoms with Crippen molar-refractivity contribution in [3.8, 4) is 0 Å². The van der Waals surface area contributed by atoms with Crippen LogP contribution in [-0.2, 0) is 0 Å². The van der Waals surface area contributed by atoms with E-state index in [4.69, 9.17) is 0 Å². The molecule has 1 aliphatic rings. The third-order valence-corrected chi connectivity index (χ3v) is 4.19. The van der Waals surface area contributed by atoms with Crippen LogP contribution < -0.4 is 0 Å². The molecule has 0 heterocycles. The monoisotopic (exact) mass is 241 g/mol. The van der Waals surface area contributed by atoms with Crippen LogP contribution in [0, 0.1) is 5.92 Å². The molecule has 1 saturated carbocycles. The highest BCUT2D eigenvalue weighted by Gasteiger charge is 2.30. The smallest absolute Gasteiger partial charge is 0.107 e. The maximum absolute atomic E-state index is 10.3. The van der Waals surface area contributed by atoms with Gasteiger partial charge in [-0.2, -0.15) is 0 Å². The molecule has 0 aromatic heterocycles. The van der Waals surface area contributed by atoms with E-state index in [-0.39, 0.29) is 6.23 Å². The van der Waals surface area contributed by atoms with Crippen molar-refractivity contribution in [3.63, 3.8) is 0 Å². The maximum Gasteiger partial charge on any atom is 0.107 e. The van der Waals surface area contributed by atoms with Crippen molar-refractivity contribution in [3.05, 3.63) is 0 Å². The molecule has 0 saturated heterocycles. The van der Waals surface area contributed by atoms with Gasteiger partial charge in [-0.3, -0.25) is 4.90 Å². The van der Waals surface area contributed by atoms with Gasteiger partial charge in [0.05, 0.1) is 0 Å². The third-order valence-electron chi connectivity index (χ3n) is 4.19. The van der Waals surface area contributed by atoms with Crippen LogP contribution in [0.25, 0.3) is 0 Å². The molecule has 1 fully saturated rings. The molecule has 3 unspecified atom stereocenters. The van der Waals surface area contributed by atoms with E-state index in [1.165, 1.54) is 38.5 Å². The Balaban J connectivity index is 2.58. The molecule has 102 valence electrons. The zero-order chi connectivity index (χ0) is 12.7. The van der Waals surface area contributed by atoms with Crippen LogP contribution in [-0.4, -0.2) is 28.8 Å². The zero-order valence-electron chi connectivity index (χ0n) is 12.0. The predicted molar refractivity (Wildman–Crippen MR) is 73.9 cm³/mol. The van der Waals surface area contributed by atoms with Crippen molar-refractivity contribution >= 4 is 0 Å². The Labute approximate surface area is 107 Å². The fraction of sp³-hybridized carbons (Fsp3) is 1.00. The second-order valence-electron chi connectivity index (χ2n) is 5.69. The van der Waals surface area contributed by atoms with Crippen molar-refractivity contribution in [2.24, 2.45) is 5.92 Å². The predicted octanol–water partition coefficient (Wildman–Crippen LogP) is 3.79. The fourth-order valence-corrected chi connectivity index (χ4v) is 3.09. The minimum atomic E-state index is -0.211. The number of aliphatic hydroxyl groups excluding tert-OH is 1. The van der Waals surface area contributed by atoms with Crippen LogP contribution >= 0.6 is 0 Å². The first-order valence-electron chi connectivity index (χ1n) is 7.64. The molecule has 0 aliphatic heterocycles. The van der Waals surface area contributed by atoms with E-state index < -0.39 is 0 Å². The van der Waals surface area contributed by atoms with Crippen molar-refractivity contribution in [1.82, 2.24) is 4.90 Å². The topological polar surface area (TPSA) is 23.5 Å². The van der Waals surface area contributed by atoms with Gasteiger partial charge in [-0.25, -0.2) is 0 Å². The Bertz CT molecular complexity index is 195. The van der Waals surface area contributed by atoms with E-state index in [0.29, 0.717) is 6.04 Å². The van der Waals surface area contributed by atoms with Crippen LogP contribution in [0.1, 0.15) is 72.1 Å². The normalized spacial score (nSPS) is 27.4. The summed E-state index contributed by atoms with van der Waals surface area (Å²) in [5.41, 5.74) is 0. The molecular weight excluding hydrogens is 210 g/mol. The molecule has 0 aromatic rings. The van der Waals surface area contributed by atoms with Gasteiger partial charge in [-0.05, 0) is 31.6 Å². The maximum atomic E-state index is 10.3. The van der Waals surface area contributed by atoms with Crippen molar-refractivity contribution in [2.75, 3.05) is 6.54 Å². The van der Waals surface area contributed by atoms with Gasteiger partial charge in [-0.1, -0.05) is 46.5 Å². The molecule has 0 radical (unpaired) electrons. The second kappa shape index (κ2) is 8.10. The number of aliphatic hydroxyl groups is 1. The number of rotatable bonds is 7. The molecule has 0 aromatic carbocycles. The summed E-state index contributed by atoms with van der Waals surface area (Å²) in [6.07, 6.45) is 9.56. The highest BCUT2D eigenvalue weighted by atomic mass is 16.3. The van der Waals surface area contributed by atoms with Gasteiger partial charge < -0.3 is 5.11 Å². The first-order chi connectivity index (χ1) is 8.20. The molecule has 2 heteroatoms. The van der Waals surface area contributed by atoms with Gasteiger partial charge in [0.2, 0.25) is 0 Å². The first kappa shape index (κ1) is 15.0. The summed E-state index contributed by atoms with van der Waals surface area (Å²) in [5.74, 6) is 0.757. The van der Waals surface area contributed by atoms with E-state index in [9.17, 15) is 5.11 Å².